The lowest BCUT2D eigenvalue weighted by atomic mass is 9.83. The van der Waals surface area contributed by atoms with Gasteiger partial charge in [-0.15, -0.1) is 11.6 Å². The monoisotopic (exact) mass is 298 g/mol. The van der Waals surface area contributed by atoms with E-state index in [0.717, 1.165) is 24.2 Å². The molecule has 0 aromatic heterocycles. The lowest BCUT2D eigenvalue weighted by molar-refractivity contribution is 0.312. The Kier molecular flexibility index (Phi) is 3.46. The van der Waals surface area contributed by atoms with Crippen LogP contribution in [0.3, 0.4) is 0 Å². The highest BCUT2D eigenvalue weighted by Gasteiger charge is 2.40. The third kappa shape index (κ3) is 2.38. The SMILES string of the molecule is Cc1ccc2ccccc2c1C(Cl)CC1CC2CCC1C2. The lowest BCUT2D eigenvalue weighted by Crippen LogP contribution is -2.13. The first-order chi connectivity index (χ1) is 10.2. The average molecular weight is 299 g/mol. The summed E-state index contributed by atoms with van der Waals surface area (Å²) in [6.07, 6.45) is 6.99. The molecular weight excluding hydrogens is 276 g/mol. The van der Waals surface area contributed by atoms with E-state index in [1.807, 2.05) is 0 Å². The molecule has 21 heavy (non-hydrogen) atoms. The van der Waals surface area contributed by atoms with E-state index in [-0.39, 0.29) is 5.38 Å². The summed E-state index contributed by atoms with van der Waals surface area (Å²) in [6.45, 7) is 2.21. The Hall–Kier alpha value is -1.01. The van der Waals surface area contributed by atoms with Gasteiger partial charge < -0.3 is 0 Å². The minimum absolute atomic E-state index is 0.167. The molecule has 0 heterocycles. The lowest BCUT2D eigenvalue weighted by Gasteiger charge is -2.25. The molecule has 2 aliphatic carbocycles. The van der Waals surface area contributed by atoms with Crippen LogP contribution in [0.25, 0.3) is 10.8 Å². The van der Waals surface area contributed by atoms with Gasteiger partial charge in [-0.3, -0.25) is 0 Å². The minimum atomic E-state index is 0.167. The second-order valence-electron chi connectivity index (χ2n) is 7.16. The molecule has 1 heteroatoms. The number of rotatable bonds is 3. The molecule has 4 unspecified atom stereocenters. The van der Waals surface area contributed by atoms with E-state index < -0.39 is 0 Å². The molecule has 2 aromatic carbocycles. The molecule has 0 nitrogen and oxygen atoms in total. The fourth-order valence-electron chi connectivity index (χ4n) is 4.87. The first kappa shape index (κ1) is 13.6. The molecule has 0 aliphatic heterocycles. The second-order valence-corrected chi connectivity index (χ2v) is 7.68. The average Bonchev–Trinajstić information content (AvgIpc) is 3.09. The van der Waals surface area contributed by atoms with Crippen LogP contribution in [0.1, 0.15) is 48.6 Å². The van der Waals surface area contributed by atoms with E-state index >= 15 is 0 Å². The van der Waals surface area contributed by atoms with Crippen molar-refractivity contribution in [1.82, 2.24) is 0 Å². The quantitative estimate of drug-likeness (QED) is 0.587. The summed E-state index contributed by atoms with van der Waals surface area (Å²) in [7, 11) is 0. The first-order valence-electron chi connectivity index (χ1n) is 8.34. The zero-order valence-corrected chi connectivity index (χ0v) is 13.4. The molecule has 4 atom stereocenters. The van der Waals surface area contributed by atoms with Crippen molar-refractivity contribution in [3.8, 4) is 0 Å². The molecule has 2 aromatic rings. The Balaban J connectivity index is 1.64. The maximum absolute atomic E-state index is 6.91. The second kappa shape index (κ2) is 5.32. The van der Waals surface area contributed by atoms with Crippen LogP contribution in [0.4, 0.5) is 0 Å². The van der Waals surface area contributed by atoms with E-state index in [1.165, 1.54) is 47.6 Å². The van der Waals surface area contributed by atoms with E-state index in [0.29, 0.717) is 0 Å². The summed E-state index contributed by atoms with van der Waals surface area (Å²) < 4.78 is 0. The number of alkyl halides is 1. The Labute approximate surface area is 132 Å². The molecular formula is C20H23Cl. The zero-order chi connectivity index (χ0) is 14.4. The molecule has 2 aliphatic rings. The molecule has 0 amide bonds. The Morgan fingerprint density at radius 2 is 1.95 bits per heavy atom. The molecule has 0 saturated heterocycles. The van der Waals surface area contributed by atoms with Gasteiger partial charge in [0.05, 0.1) is 5.38 Å². The Morgan fingerprint density at radius 3 is 2.71 bits per heavy atom. The van der Waals surface area contributed by atoms with E-state index in [9.17, 15) is 0 Å². The Bertz CT molecular complexity index is 660. The van der Waals surface area contributed by atoms with Gasteiger partial charge in [0.1, 0.15) is 0 Å². The standard InChI is InChI=1S/C20H23Cl/c1-13-6-8-15-4-2-3-5-18(15)20(13)19(21)12-17-11-14-7-9-16(17)10-14/h2-6,8,14,16-17,19H,7,9-12H2,1H3. The normalized spacial score (nSPS) is 29.1. The molecule has 0 N–H and O–H groups in total. The summed E-state index contributed by atoms with van der Waals surface area (Å²) in [5.41, 5.74) is 2.72. The van der Waals surface area contributed by atoms with Crippen LogP contribution in [0.5, 0.6) is 0 Å². The largest absolute Gasteiger partial charge is 0.118 e. The van der Waals surface area contributed by atoms with E-state index in [2.05, 4.69) is 43.3 Å². The van der Waals surface area contributed by atoms with Crippen LogP contribution in [0.15, 0.2) is 36.4 Å². The van der Waals surface area contributed by atoms with Crippen molar-refractivity contribution < 1.29 is 0 Å². The summed E-state index contributed by atoms with van der Waals surface area (Å²) in [5, 5.41) is 2.83. The van der Waals surface area contributed by atoms with Gasteiger partial charge in [-0.25, -0.2) is 0 Å². The number of hydrogen-bond donors (Lipinski definition) is 0. The summed E-state index contributed by atoms with van der Waals surface area (Å²) >= 11 is 6.91. The van der Waals surface area contributed by atoms with Crippen LogP contribution in [-0.4, -0.2) is 0 Å². The summed E-state index contributed by atoms with van der Waals surface area (Å²) in [5.74, 6) is 2.84. The highest BCUT2D eigenvalue weighted by Crippen LogP contribution is 2.52. The predicted molar refractivity (Wildman–Crippen MR) is 90.8 cm³/mol. The molecule has 2 bridgehead atoms. The van der Waals surface area contributed by atoms with Gasteiger partial charge in [-0.05, 0) is 72.3 Å². The Morgan fingerprint density at radius 1 is 1.10 bits per heavy atom. The molecule has 110 valence electrons. The number of benzene rings is 2. The molecule has 0 radical (unpaired) electrons. The predicted octanol–water partition coefficient (Wildman–Crippen LogP) is 6.25. The number of fused-ring (bicyclic) bond motifs is 3. The smallest absolute Gasteiger partial charge is 0.0596 e. The van der Waals surface area contributed by atoms with Crippen molar-refractivity contribution in [2.24, 2.45) is 17.8 Å². The summed E-state index contributed by atoms with van der Waals surface area (Å²) in [6, 6.07) is 13.1. The van der Waals surface area contributed by atoms with Crippen LogP contribution in [0, 0.1) is 24.7 Å². The van der Waals surface area contributed by atoms with Crippen molar-refractivity contribution in [2.45, 2.75) is 44.4 Å². The van der Waals surface area contributed by atoms with Crippen molar-refractivity contribution in [1.29, 1.82) is 0 Å². The maximum Gasteiger partial charge on any atom is 0.0596 e. The number of halogens is 1. The minimum Gasteiger partial charge on any atom is -0.118 e. The van der Waals surface area contributed by atoms with Gasteiger partial charge in [0, 0.05) is 0 Å². The van der Waals surface area contributed by atoms with Crippen molar-refractivity contribution in [3.63, 3.8) is 0 Å². The highest BCUT2D eigenvalue weighted by atomic mass is 35.5. The van der Waals surface area contributed by atoms with Crippen molar-refractivity contribution in [3.05, 3.63) is 47.5 Å². The van der Waals surface area contributed by atoms with Crippen LogP contribution in [0.2, 0.25) is 0 Å². The van der Waals surface area contributed by atoms with Gasteiger partial charge in [0.15, 0.2) is 0 Å². The summed E-state index contributed by atoms with van der Waals surface area (Å²) in [4.78, 5) is 0. The van der Waals surface area contributed by atoms with Crippen molar-refractivity contribution in [2.75, 3.05) is 0 Å². The molecule has 2 saturated carbocycles. The van der Waals surface area contributed by atoms with E-state index in [1.54, 1.807) is 0 Å². The fraction of sp³-hybridized carbons (Fsp3) is 0.500. The van der Waals surface area contributed by atoms with Gasteiger partial charge in [0.25, 0.3) is 0 Å². The first-order valence-corrected chi connectivity index (χ1v) is 8.78. The highest BCUT2D eigenvalue weighted by molar-refractivity contribution is 6.22. The van der Waals surface area contributed by atoms with Gasteiger partial charge in [0.2, 0.25) is 0 Å². The number of hydrogen-bond acceptors (Lipinski definition) is 0. The van der Waals surface area contributed by atoms with Gasteiger partial charge >= 0.3 is 0 Å². The maximum atomic E-state index is 6.91. The third-order valence-electron chi connectivity index (χ3n) is 5.90. The van der Waals surface area contributed by atoms with Gasteiger partial charge in [-0.2, -0.15) is 0 Å². The fourth-order valence-corrected chi connectivity index (χ4v) is 5.39. The third-order valence-corrected chi connectivity index (χ3v) is 6.29. The van der Waals surface area contributed by atoms with Crippen molar-refractivity contribution >= 4 is 22.4 Å². The topological polar surface area (TPSA) is 0 Å². The van der Waals surface area contributed by atoms with Crippen LogP contribution in [-0.2, 0) is 0 Å². The zero-order valence-electron chi connectivity index (χ0n) is 12.7. The number of aryl methyl sites for hydroxylation is 1. The van der Waals surface area contributed by atoms with Gasteiger partial charge in [-0.1, -0.05) is 42.8 Å². The molecule has 2 fully saturated rings. The van der Waals surface area contributed by atoms with Crippen LogP contribution >= 0.6 is 11.6 Å². The molecule has 4 rings (SSSR count). The van der Waals surface area contributed by atoms with E-state index in [4.69, 9.17) is 11.6 Å². The molecule has 0 spiro atoms. The van der Waals surface area contributed by atoms with Crippen LogP contribution < -0.4 is 0 Å².